The van der Waals surface area contributed by atoms with Crippen LogP contribution in [0.15, 0.2) is 40.1 Å². The monoisotopic (exact) mass is 298 g/mol. The quantitative estimate of drug-likeness (QED) is 0.775. The van der Waals surface area contributed by atoms with Crippen molar-refractivity contribution >= 4 is 16.7 Å². The first kappa shape index (κ1) is 14.2. The Morgan fingerprint density at radius 2 is 1.64 bits per heavy atom. The highest BCUT2D eigenvalue weighted by atomic mass is 16.2. The van der Waals surface area contributed by atoms with Crippen molar-refractivity contribution in [2.24, 2.45) is 14.1 Å². The number of hydrogen-bond acceptors (Lipinski definition) is 3. The van der Waals surface area contributed by atoms with Gasteiger partial charge in [-0.05, 0) is 17.7 Å². The number of aryl methyl sites for hydroxylation is 1. The van der Waals surface area contributed by atoms with E-state index >= 15 is 0 Å². The van der Waals surface area contributed by atoms with Crippen LogP contribution >= 0.6 is 0 Å². The van der Waals surface area contributed by atoms with Crippen molar-refractivity contribution in [2.75, 3.05) is 19.0 Å². The van der Waals surface area contributed by atoms with Gasteiger partial charge in [-0.15, -0.1) is 0 Å². The highest BCUT2D eigenvalue weighted by Crippen LogP contribution is 2.27. The van der Waals surface area contributed by atoms with E-state index < -0.39 is 0 Å². The summed E-state index contributed by atoms with van der Waals surface area (Å²) in [6.07, 6.45) is 1.77. The third kappa shape index (κ3) is 1.95. The summed E-state index contributed by atoms with van der Waals surface area (Å²) in [7, 11) is 7.11. The predicted octanol–water partition coefficient (Wildman–Crippen LogP) is 1.30. The average molecular weight is 298 g/mol. The fourth-order valence-electron chi connectivity index (χ4n) is 2.64. The summed E-state index contributed by atoms with van der Waals surface area (Å²) in [6, 6.07) is 7.95. The maximum atomic E-state index is 12.5. The molecule has 0 saturated heterocycles. The van der Waals surface area contributed by atoms with E-state index in [2.05, 4.69) is 4.98 Å². The summed E-state index contributed by atoms with van der Waals surface area (Å²) in [6.45, 7) is 0. The highest BCUT2D eigenvalue weighted by molar-refractivity contribution is 5.93. The largest absolute Gasteiger partial charge is 0.378 e. The van der Waals surface area contributed by atoms with Gasteiger partial charge in [0.2, 0.25) is 0 Å². The van der Waals surface area contributed by atoms with Crippen molar-refractivity contribution in [2.45, 2.75) is 0 Å². The SMILES string of the molecule is CN(C)c1ccc(-c2c[nH]c3c2c(=O)n(C)c(=O)n3C)cc1. The molecule has 0 aliphatic heterocycles. The van der Waals surface area contributed by atoms with Crippen LogP contribution in [-0.2, 0) is 14.1 Å². The lowest BCUT2D eigenvalue weighted by Crippen LogP contribution is -2.36. The Labute approximate surface area is 127 Å². The van der Waals surface area contributed by atoms with E-state index in [0.29, 0.717) is 11.0 Å². The van der Waals surface area contributed by atoms with Crippen molar-refractivity contribution in [3.05, 3.63) is 51.3 Å². The highest BCUT2D eigenvalue weighted by Gasteiger charge is 2.15. The van der Waals surface area contributed by atoms with Gasteiger partial charge in [0.05, 0.1) is 5.39 Å². The molecule has 0 fully saturated rings. The normalized spacial score (nSPS) is 11.1. The van der Waals surface area contributed by atoms with Gasteiger partial charge in [0, 0.05) is 45.6 Å². The molecule has 114 valence electrons. The van der Waals surface area contributed by atoms with E-state index in [0.717, 1.165) is 21.4 Å². The number of fused-ring (bicyclic) bond motifs is 1. The van der Waals surface area contributed by atoms with Crippen molar-refractivity contribution < 1.29 is 0 Å². The Kier molecular flexibility index (Phi) is 3.16. The maximum Gasteiger partial charge on any atom is 0.332 e. The van der Waals surface area contributed by atoms with E-state index in [1.807, 2.05) is 43.3 Å². The molecular formula is C16H18N4O2. The molecule has 1 N–H and O–H groups in total. The van der Waals surface area contributed by atoms with Crippen LogP contribution in [0.4, 0.5) is 5.69 Å². The number of benzene rings is 1. The van der Waals surface area contributed by atoms with Gasteiger partial charge in [0.1, 0.15) is 5.65 Å². The third-order valence-electron chi connectivity index (χ3n) is 3.98. The zero-order valence-electron chi connectivity index (χ0n) is 13.0. The van der Waals surface area contributed by atoms with Crippen LogP contribution < -0.4 is 16.1 Å². The molecule has 0 aliphatic rings. The summed E-state index contributed by atoms with van der Waals surface area (Å²) < 4.78 is 2.59. The average Bonchev–Trinajstić information content (AvgIpc) is 2.96. The van der Waals surface area contributed by atoms with Crippen LogP contribution in [0.1, 0.15) is 0 Å². The van der Waals surface area contributed by atoms with Crippen LogP contribution in [0.2, 0.25) is 0 Å². The molecule has 6 heteroatoms. The second kappa shape index (κ2) is 4.91. The molecule has 3 rings (SSSR count). The maximum absolute atomic E-state index is 12.5. The van der Waals surface area contributed by atoms with Gasteiger partial charge in [-0.2, -0.15) is 0 Å². The van der Waals surface area contributed by atoms with E-state index in [9.17, 15) is 9.59 Å². The van der Waals surface area contributed by atoms with Crippen molar-refractivity contribution in [1.29, 1.82) is 0 Å². The molecule has 0 saturated carbocycles. The molecule has 2 aromatic heterocycles. The standard InChI is InChI=1S/C16H18N4O2/c1-18(2)11-7-5-10(6-8-11)12-9-17-14-13(12)15(21)20(4)16(22)19(14)3/h5-9,17H,1-4H3. The first-order chi connectivity index (χ1) is 10.4. The van der Waals surface area contributed by atoms with E-state index in [4.69, 9.17) is 0 Å². The van der Waals surface area contributed by atoms with Gasteiger partial charge in [0.25, 0.3) is 5.56 Å². The van der Waals surface area contributed by atoms with Gasteiger partial charge in [-0.1, -0.05) is 12.1 Å². The van der Waals surface area contributed by atoms with Gasteiger partial charge in [-0.25, -0.2) is 4.79 Å². The van der Waals surface area contributed by atoms with Crippen LogP contribution in [0.5, 0.6) is 0 Å². The lowest BCUT2D eigenvalue weighted by atomic mass is 10.1. The van der Waals surface area contributed by atoms with Gasteiger partial charge < -0.3 is 9.88 Å². The Balaban J connectivity index is 2.29. The topological polar surface area (TPSA) is 63.0 Å². The second-order valence-electron chi connectivity index (χ2n) is 5.57. The molecule has 22 heavy (non-hydrogen) atoms. The smallest absolute Gasteiger partial charge is 0.332 e. The van der Waals surface area contributed by atoms with Gasteiger partial charge in [0.15, 0.2) is 0 Å². The number of rotatable bonds is 2. The molecule has 0 amide bonds. The summed E-state index contributed by atoms with van der Waals surface area (Å²) in [4.78, 5) is 29.5. The van der Waals surface area contributed by atoms with E-state index in [1.54, 1.807) is 13.2 Å². The summed E-state index contributed by atoms with van der Waals surface area (Å²) >= 11 is 0. The fraction of sp³-hybridized carbons (Fsp3) is 0.250. The Hall–Kier alpha value is -2.76. The minimum absolute atomic E-state index is 0.286. The van der Waals surface area contributed by atoms with Gasteiger partial charge >= 0.3 is 5.69 Å². The predicted molar refractivity (Wildman–Crippen MR) is 88.5 cm³/mol. The van der Waals surface area contributed by atoms with Crippen molar-refractivity contribution in [1.82, 2.24) is 14.1 Å². The van der Waals surface area contributed by atoms with Crippen molar-refractivity contribution in [3.8, 4) is 11.1 Å². The first-order valence-electron chi connectivity index (χ1n) is 6.96. The molecule has 0 bridgehead atoms. The van der Waals surface area contributed by atoms with Crippen LogP contribution in [0.25, 0.3) is 22.2 Å². The van der Waals surface area contributed by atoms with Crippen molar-refractivity contribution in [3.63, 3.8) is 0 Å². The Bertz CT molecular complexity index is 959. The molecule has 2 heterocycles. The number of aromatic nitrogens is 3. The number of hydrogen-bond donors (Lipinski definition) is 1. The summed E-state index contributed by atoms with van der Waals surface area (Å²) in [5.74, 6) is 0. The van der Waals surface area contributed by atoms with Crippen LogP contribution in [-0.4, -0.2) is 28.2 Å². The molecule has 0 aliphatic carbocycles. The Morgan fingerprint density at radius 1 is 1.00 bits per heavy atom. The Morgan fingerprint density at radius 3 is 2.23 bits per heavy atom. The summed E-state index contributed by atoms with van der Waals surface area (Å²) in [5.41, 5.74) is 2.74. The lowest BCUT2D eigenvalue weighted by molar-refractivity contribution is 0.710. The van der Waals surface area contributed by atoms with Crippen LogP contribution in [0.3, 0.4) is 0 Å². The number of nitrogens with one attached hydrogen (secondary N) is 1. The van der Waals surface area contributed by atoms with Crippen LogP contribution in [0, 0.1) is 0 Å². The fourth-order valence-corrected chi connectivity index (χ4v) is 2.64. The van der Waals surface area contributed by atoms with E-state index in [-0.39, 0.29) is 11.2 Å². The molecule has 6 nitrogen and oxygen atoms in total. The number of H-pyrrole nitrogens is 1. The minimum atomic E-state index is -0.339. The third-order valence-corrected chi connectivity index (χ3v) is 3.98. The molecular weight excluding hydrogens is 280 g/mol. The zero-order valence-corrected chi connectivity index (χ0v) is 13.0. The molecule has 0 spiro atoms. The van der Waals surface area contributed by atoms with E-state index in [1.165, 1.54) is 11.6 Å². The first-order valence-corrected chi connectivity index (χ1v) is 6.96. The number of aromatic amines is 1. The zero-order chi connectivity index (χ0) is 16.0. The minimum Gasteiger partial charge on any atom is -0.378 e. The molecule has 0 radical (unpaired) electrons. The lowest BCUT2D eigenvalue weighted by Gasteiger charge is -2.12. The molecule has 1 aromatic carbocycles. The second-order valence-corrected chi connectivity index (χ2v) is 5.57. The summed E-state index contributed by atoms with van der Waals surface area (Å²) in [5, 5.41) is 0.530. The molecule has 3 aromatic rings. The number of nitrogens with zero attached hydrogens (tertiary/aromatic N) is 3. The van der Waals surface area contributed by atoms with Gasteiger partial charge in [-0.3, -0.25) is 13.9 Å². The molecule has 0 unspecified atom stereocenters. The molecule has 0 atom stereocenters. The number of anilines is 1.